The van der Waals surface area contributed by atoms with Gasteiger partial charge < -0.3 is 10.2 Å². The molecule has 0 aromatic heterocycles. The average molecular weight is 225 g/mol. The first-order valence-corrected chi connectivity index (χ1v) is 5.35. The Hall–Kier alpha value is -1.57. The first kappa shape index (κ1) is 14.4. The van der Waals surface area contributed by atoms with Crippen LogP contribution in [0.3, 0.4) is 0 Å². The number of rotatable bonds is 5. The lowest BCUT2D eigenvalue weighted by molar-refractivity contribution is -0.132. The van der Waals surface area contributed by atoms with Crippen molar-refractivity contribution in [2.24, 2.45) is 11.8 Å². The molecule has 0 aromatic rings. The predicted octanol–water partition coefficient (Wildman–Crippen LogP) is 0.377. The first-order valence-electron chi connectivity index (χ1n) is 5.35. The van der Waals surface area contributed by atoms with Crippen molar-refractivity contribution in [2.75, 3.05) is 20.1 Å². The highest BCUT2D eigenvalue weighted by Crippen LogP contribution is 2.08. The normalized spacial score (nSPS) is 11.8. The Balaban J connectivity index is 4.17. The molecular weight excluding hydrogens is 206 g/mol. The second-order valence-electron chi connectivity index (χ2n) is 3.98. The molecule has 0 aliphatic heterocycles. The number of nitrogens with one attached hydrogen (secondary N) is 1. The first-order chi connectivity index (χ1) is 7.43. The zero-order valence-electron chi connectivity index (χ0n) is 10.3. The number of nitrogens with zero attached hydrogens (tertiary/aromatic N) is 2. The van der Waals surface area contributed by atoms with Crippen LogP contribution in [0.25, 0.3) is 0 Å². The van der Waals surface area contributed by atoms with E-state index < -0.39 is 5.92 Å². The van der Waals surface area contributed by atoms with Crippen LogP contribution in [0.1, 0.15) is 20.8 Å². The van der Waals surface area contributed by atoms with Gasteiger partial charge in [0.05, 0.1) is 12.6 Å². The second kappa shape index (κ2) is 6.83. The van der Waals surface area contributed by atoms with Crippen LogP contribution in [0.15, 0.2) is 0 Å². The lowest BCUT2D eigenvalue weighted by atomic mass is 9.97. The summed E-state index contributed by atoms with van der Waals surface area (Å²) in [6.45, 7) is 6.00. The highest BCUT2D eigenvalue weighted by atomic mass is 16.2. The van der Waals surface area contributed by atoms with Crippen molar-refractivity contribution < 1.29 is 9.59 Å². The Bertz CT molecular complexity index is 294. The van der Waals surface area contributed by atoms with Crippen LogP contribution in [0.5, 0.6) is 0 Å². The number of nitriles is 1. The zero-order chi connectivity index (χ0) is 12.7. The molecule has 0 saturated heterocycles. The molecule has 0 radical (unpaired) electrons. The van der Waals surface area contributed by atoms with Crippen LogP contribution >= 0.6 is 0 Å². The molecule has 0 aromatic carbocycles. The van der Waals surface area contributed by atoms with E-state index in [-0.39, 0.29) is 24.3 Å². The van der Waals surface area contributed by atoms with Crippen molar-refractivity contribution in [3.05, 3.63) is 0 Å². The summed E-state index contributed by atoms with van der Waals surface area (Å²) in [7, 11) is 1.67. The Kier molecular flexibility index (Phi) is 6.16. The van der Waals surface area contributed by atoms with Gasteiger partial charge in [0.2, 0.25) is 11.8 Å². The van der Waals surface area contributed by atoms with E-state index in [1.807, 2.05) is 13.0 Å². The fourth-order valence-electron chi connectivity index (χ4n) is 1.09. The van der Waals surface area contributed by atoms with Gasteiger partial charge in [0, 0.05) is 13.6 Å². The van der Waals surface area contributed by atoms with Crippen molar-refractivity contribution in [2.45, 2.75) is 20.8 Å². The van der Waals surface area contributed by atoms with Crippen molar-refractivity contribution in [3.8, 4) is 6.07 Å². The van der Waals surface area contributed by atoms with Crippen LogP contribution in [0, 0.1) is 23.2 Å². The standard InChI is InChI=1S/C11H19N3O2/c1-5-14(4)10(15)7-13-11(16)9(6-12)8(2)3/h8-9H,5,7H2,1-4H3,(H,13,16). The third-order valence-corrected chi connectivity index (χ3v) is 2.40. The second-order valence-corrected chi connectivity index (χ2v) is 3.98. The molecule has 5 nitrogen and oxygen atoms in total. The van der Waals surface area contributed by atoms with Crippen LogP contribution in [0.2, 0.25) is 0 Å². The Labute approximate surface area is 96.4 Å². The maximum atomic E-state index is 11.5. The summed E-state index contributed by atoms with van der Waals surface area (Å²) in [6, 6.07) is 1.93. The molecule has 0 fully saturated rings. The van der Waals surface area contributed by atoms with E-state index in [0.29, 0.717) is 6.54 Å². The van der Waals surface area contributed by atoms with Crippen molar-refractivity contribution in [3.63, 3.8) is 0 Å². The molecule has 0 aliphatic carbocycles. The SMILES string of the molecule is CCN(C)C(=O)CNC(=O)C(C#N)C(C)C. The molecule has 1 N–H and O–H groups in total. The molecule has 90 valence electrons. The van der Waals surface area contributed by atoms with Crippen LogP contribution in [-0.2, 0) is 9.59 Å². The third-order valence-electron chi connectivity index (χ3n) is 2.40. The summed E-state index contributed by atoms with van der Waals surface area (Å²) >= 11 is 0. The molecule has 0 aliphatic rings. The van der Waals surface area contributed by atoms with Crippen LogP contribution < -0.4 is 5.32 Å². The topological polar surface area (TPSA) is 73.2 Å². The minimum atomic E-state index is -0.695. The maximum Gasteiger partial charge on any atom is 0.241 e. The van der Waals surface area contributed by atoms with Gasteiger partial charge in [-0.3, -0.25) is 9.59 Å². The Morgan fingerprint density at radius 3 is 2.38 bits per heavy atom. The zero-order valence-corrected chi connectivity index (χ0v) is 10.3. The van der Waals surface area contributed by atoms with Gasteiger partial charge in [0.1, 0.15) is 5.92 Å². The van der Waals surface area contributed by atoms with Crippen molar-refractivity contribution in [1.29, 1.82) is 5.26 Å². The lowest BCUT2D eigenvalue weighted by Gasteiger charge is -2.16. The van der Waals surface area contributed by atoms with E-state index in [1.165, 1.54) is 4.90 Å². The van der Waals surface area contributed by atoms with Gasteiger partial charge in [0.25, 0.3) is 0 Å². The molecule has 0 spiro atoms. The number of hydrogen-bond donors (Lipinski definition) is 1. The summed E-state index contributed by atoms with van der Waals surface area (Å²) in [4.78, 5) is 24.4. The van der Waals surface area contributed by atoms with Gasteiger partial charge in [0.15, 0.2) is 0 Å². The van der Waals surface area contributed by atoms with Gasteiger partial charge in [-0.2, -0.15) is 5.26 Å². The van der Waals surface area contributed by atoms with E-state index in [9.17, 15) is 9.59 Å². The molecule has 1 unspecified atom stereocenters. The molecule has 0 heterocycles. The van der Waals surface area contributed by atoms with Gasteiger partial charge in [-0.05, 0) is 12.8 Å². The molecule has 2 amide bonds. The highest BCUT2D eigenvalue weighted by Gasteiger charge is 2.22. The Morgan fingerprint density at radius 2 is 2.00 bits per heavy atom. The number of amides is 2. The molecule has 0 rings (SSSR count). The maximum absolute atomic E-state index is 11.5. The summed E-state index contributed by atoms with van der Waals surface area (Å²) in [6.07, 6.45) is 0. The molecule has 5 heteroatoms. The van der Waals surface area contributed by atoms with Crippen molar-refractivity contribution >= 4 is 11.8 Å². The largest absolute Gasteiger partial charge is 0.346 e. The number of likely N-dealkylation sites (N-methyl/N-ethyl adjacent to an activating group) is 1. The molecule has 1 atom stereocenters. The lowest BCUT2D eigenvalue weighted by Crippen LogP contribution is -2.41. The minimum absolute atomic E-state index is 0.0475. The smallest absolute Gasteiger partial charge is 0.241 e. The van der Waals surface area contributed by atoms with E-state index in [4.69, 9.17) is 5.26 Å². The fraction of sp³-hybridized carbons (Fsp3) is 0.727. The highest BCUT2D eigenvalue weighted by molar-refractivity contribution is 5.87. The summed E-state index contributed by atoms with van der Waals surface area (Å²) < 4.78 is 0. The quantitative estimate of drug-likeness (QED) is 0.735. The van der Waals surface area contributed by atoms with Crippen molar-refractivity contribution in [1.82, 2.24) is 10.2 Å². The molecule has 0 saturated carbocycles. The molecular formula is C11H19N3O2. The predicted molar refractivity (Wildman–Crippen MR) is 60.3 cm³/mol. The third kappa shape index (κ3) is 4.30. The van der Waals surface area contributed by atoms with Gasteiger partial charge in [-0.15, -0.1) is 0 Å². The summed E-state index contributed by atoms with van der Waals surface area (Å²) in [5.41, 5.74) is 0. The molecule has 0 bridgehead atoms. The average Bonchev–Trinajstić information content (AvgIpc) is 2.25. The van der Waals surface area contributed by atoms with E-state index in [2.05, 4.69) is 5.32 Å². The summed E-state index contributed by atoms with van der Waals surface area (Å²) in [5.74, 6) is -1.28. The number of carbonyl (C=O) groups is 2. The van der Waals surface area contributed by atoms with E-state index >= 15 is 0 Å². The van der Waals surface area contributed by atoms with Crippen LogP contribution in [-0.4, -0.2) is 36.9 Å². The number of hydrogen-bond acceptors (Lipinski definition) is 3. The van der Waals surface area contributed by atoms with Gasteiger partial charge >= 0.3 is 0 Å². The monoisotopic (exact) mass is 225 g/mol. The number of carbonyl (C=O) groups excluding carboxylic acids is 2. The van der Waals surface area contributed by atoms with Gasteiger partial charge in [-0.1, -0.05) is 13.8 Å². The fourth-order valence-corrected chi connectivity index (χ4v) is 1.09. The van der Waals surface area contributed by atoms with Gasteiger partial charge in [-0.25, -0.2) is 0 Å². The molecule has 16 heavy (non-hydrogen) atoms. The van der Waals surface area contributed by atoms with Crippen LogP contribution in [0.4, 0.5) is 0 Å². The van der Waals surface area contributed by atoms with E-state index in [0.717, 1.165) is 0 Å². The Morgan fingerprint density at radius 1 is 1.44 bits per heavy atom. The summed E-state index contributed by atoms with van der Waals surface area (Å²) in [5, 5.41) is 11.3. The minimum Gasteiger partial charge on any atom is -0.346 e. The van der Waals surface area contributed by atoms with E-state index in [1.54, 1.807) is 20.9 Å².